The highest BCUT2D eigenvalue weighted by Crippen LogP contribution is 2.40. The number of anilines is 1. The van der Waals surface area contributed by atoms with Gasteiger partial charge >= 0.3 is 0 Å². The predicted octanol–water partition coefficient (Wildman–Crippen LogP) is 3.97. The van der Waals surface area contributed by atoms with E-state index in [1.165, 1.54) is 6.07 Å². The van der Waals surface area contributed by atoms with Crippen molar-refractivity contribution in [3.63, 3.8) is 0 Å². The topological polar surface area (TPSA) is 51.8 Å². The van der Waals surface area contributed by atoms with E-state index in [1.54, 1.807) is 6.92 Å². The molecule has 0 saturated heterocycles. The van der Waals surface area contributed by atoms with Crippen molar-refractivity contribution < 1.29 is 8.78 Å². The van der Waals surface area contributed by atoms with Crippen LogP contribution in [0.15, 0.2) is 18.2 Å². The molecule has 0 amide bonds. The van der Waals surface area contributed by atoms with Crippen LogP contribution in [0.4, 0.5) is 14.6 Å². The largest absolute Gasteiger partial charge is 0.383 e. The molecule has 0 unspecified atom stereocenters. The van der Waals surface area contributed by atoms with E-state index in [9.17, 15) is 8.78 Å². The second kappa shape index (κ2) is 5.39. The number of nitrogens with zero attached hydrogens (tertiary/aromatic N) is 2. The van der Waals surface area contributed by atoms with Crippen molar-refractivity contribution in [1.82, 2.24) is 9.97 Å². The zero-order valence-corrected chi connectivity index (χ0v) is 11.9. The van der Waals surface area contributed by atoms with Crippen molar-refractivity contribution in [2.45, 2.75) is 38.5 Å². The number of halogens is 2. The molecule has 1 saturated carbocycles. The van der Waals surface area contributed by atoms with E-state index in [2.05, 4.69) is 9.97 Å². The van der Waals surface area contributed by atoms with Gasteiger partial charge in [-0.05, 0) is 37.5 Å². The maximum atomic E-state index is 13.5. The molecule has 0 aliphatic heterocycles. The van der Waals surface area contributed by atoms with E-state index in [4.69, 9.17) is 5.73 Å². The van der Waals surface area contributed by atoms with Gasteiger partial charge in [0, 0.05) is 11.5 Å². The minimum absolute atomic E-state index is 0.317. The number of aryl methyl sites for hydroxylation is 1. The third-order valence-electron chi connectivity index (χ3n) is 4.03. The molecule has 1 aromatic heterocycles. The number of hydrogen-bond acceptors (Lipinski definition) is 3. The Morgan fingerprint density at radius 3 is 2.48 bits per heavy atom. The summed E-state index contributed by atoms with van der Waals surface area (Å²) in [6, 6.07) is 3.81. The first-order valence-corrected chi connectivity index (χ1v) is 7.15. The van der Waals surface area contributed by atoms with Crippen LogP contribution in [-0.2, 0) is 0 Å². The molecule has 5 heteroatoms. The Balaban J connectivity index is 2.17. The Morgan fingerprint density at radius 1 is 1.10 bits per heavy atom. The van der Waals surface area contributed by atoms with Crippen molar-refractivity contribution in [3.8, 4) is 11.1 Å². The molecule has 0 atom stereocenters. The van der Waals surface area contributed by atoms with Crippen LogP contribution in [0.5, 0.6) is 0 Å². The molecule has 3 rings (SSSR count). The van der Waals surface area contributed by atoms with Crippen molar-refractivity contribution in [1.29, 1.82) is 0 Å². The average molecular weight is 289 g/mol. The smallest absolute Gasteiger partial charge is 0.159 e. The van der Waals surface area contributed by atoms with E-state index >= 15 is 0 Å². The number of nitrogens with two attached hydrogens (primary N) is 1. The van der Waals surface area contributed by atoms with Gasteiger partial charge in [0.25, 0.3) is 0 Å². The summed E-state index contributed by atoms with van der Waals surface area (Å²) in [6.45, 7) is 1.80. The van der Waals surface area contributed by atoms with Crippen LogP contribution in [0.1, 0.15) is 43.1 Å². The van der Waals surface area contributed by atoms with Gasteiger partial charge < -0.3 is 5.73 Å². The van der Waals surface area contributed by atoms with Crippen LogP contribution in [0, 0.1) is 18.6 Å². The maximum absolute atomic E-state index is 13.5. The predicted molar refractivity (Wildman–Crippen MR) is 77.7 cm³/mol. The van der Waals surface area contributed by atoms with Crippen molar-refractivity contribution in [2.75, 3.05) is 5.73 Å². The molecule has 2 N–H and O–H groups in total. The van der Waals surface area contributed by atoms with Crippen LogP contribution in [0.2, 0.25) is 0 Å². The van der Waals surface area contributed by atoms with Gasteiger partial charge in [0.1, 0.15) is 11.6 Å². The van der Waals surface area contributed by atoms with Gasteiger partial charge in [-0.2, -0.15) is 0 Å². The highest BCUT2D eigenvalue weighted by Gasteiger charge is 2.25. The number of rotatable bonds is 2. The lowest BCUT2D eigenvalue weighted by atomic mass is 9.94. The second-order valence-electron chi connectivity index (χ2n) is 5.53. The minimum atomic E-state index is -0.884. The lowest BCUT2D eigenvalue weighted by Crippen LogP contribution is -2.08. The second-order valence-corrected chi connectivity index (χ2v) is 5.53. The molecule has 0 spiro atoms. The third-order valence-corrected chi connectivity index (χ3v) is 4.03. The van der Waals surface area contributed by atoms with E-state index in [0.29, 0.717) is 28.7 Å². The standard InChI is InChI=1S/C16H17F2N3/c1-9-20-15(10-4-2-3-5-10)14(16(19)21-9)11-6-7-12(17)13(18)8-11/h6-8,10H,2-5H2,1H3,(H2,19,20,21). The zero-order chi connectivity index (χ0) is 15.0. The summed E-state index contributed by atoms with van der Waals surface area (Å²) in [5.74, 6) is -0.495. The van der Waals surface area contributed by atoms with Crippen LogP contribution in [0.25, 0.3) is 11.1 Å². The number of aromatic nitrogens is 2. The summed E-state index contributed by atoms with van der Waals surface area (Å²) >= 11 is 0. The molecule has 1 heterocycles. The molecule has 1 aromatic carbocycles. The van der Waals surface area contributed by atoms with Gasteiger partial charge in [-0.25, -0.2) is 18.7 Å². The first-order chi connectivity index (χ1) is 10.1. The Hall–Kier alpha value is -2.04. The first-order valence-electron chi connectivity index (χ1n) is 7.15. The number of benzene rings is 1. The summed E-state index contributed by atoms with van der Waals surface area (Å²) in [5.41, 5.74) is 8.09. The molecular weight excluding hydrogens is 272 g/mol. The molecule has 21 heavy (non-hydrogen) atoms. The van der Waals surface area contributed by atoms with Crippen molar-refractivity contribution >= 4 is 5.82 Å². The monoisotopic (exact) mass is 289 g/mol. The van der Waals surface area contributed by atoms with Crippen LogP contribution in [-0.4, -0.2) is 9.97 Å². The summed E-state index contributed by atoms with van der Waals surface area (Å²) < 4.78 is 26.7. The number of nitrogen functional groups attached to an aromatic ring is 1. The summed E-state index contributed by atoms with van der Waals surface area (Å²) in [5, 5.41) is 0. The maximum Gasteiger partial charge on any atom is 0.159 e. The number of hydrogen-bond donors (Lipinski definition) is 1. The summed E-state index contributed by atoms with van der Waals surface area (Å²) in [7, 11) is 0. The van der Waals surface area contributed by atoms with E-state index in [0.717, 1.165) is 43.5 Å². The molecule has 0 bridgehead atoms. The van der Waals surface area contributed by atoms with Gasteiger partial charge in [-0.1, -0.05) is 18.9 Å². The van der Waals surface area contributed by atoms with E-state index in [-0.39, 0.29) is 0 Å². The van der Waals surface area contributed by atoms with E-state index in [1.807, 2.05) is 0 Å². The lowest BCUT2D eigenvalue weighted by Gasteiger charge is -2.17. The fraction of sp³-hybridized carbons (Fsp3) is 0.375. The molecule has 1 aliphatic rings. The van der Waals surface area contributed by atoms with Gasteiger partial charge in [0.15, 0.2) is 11.6 Å². The Morgan fingerprint density at radius 2 is 1.81 bits per heavy atom. The quantitative estimate of drug-likeness (QED) is 0.910. The van der Waals surface area contributed by atoms with Crippen LogP contribution < -0.4 is 5.73 Å². The van der Waals surface area contributed by atoms with E-state index < -0.39 is 11.6 Å². The van der Waals surface area contributed by atoms with Gasteiger partial charge in [0.05, 0.1) is 5.69 Å². The molecular formula is C16H17F2N3. The Bertz CT molecular complexity index is 679. The molecule has 110 valence electrons. The SMILES string of the molecule is Cc1nc(N)c(-c2ccc(F)c(F)c2)c(C2CCCC2)n1. The summed E-state index contributed by atoms with van der Waals surface area (Å²) in [4.78, 5) is 8.72. The minimum Gasteiger partial charge on any atom is -0.383 e. The van der Waals surface area contributed by atoms with Crippen molar-refractivity contribution in [2.24, 2.45) is 0 Å². The normalized spacial score (nSPS) is 15.6. The van der Waals surface area contributed by atoms with Crippen molar-refractivity contribution in [3.05, 3.63) is 41.4 Å². The molecule has 2 aromatic rings. The van der Waals surface area contributed by atoms with Crippen LogP contribution in [0.3, 0.4) is 0 Å². The molecule has 1 fully saturated rings. The fourth-order valence-corrected chi connectivity index (χ4v) is 3.06. The Labute approximate surface area is 122 Å². The highest BCUT2D eigenvalue weighted by atomic mass is 19.2. The molecule has 3 nitrogen and oxygen atoms in total. The average Bonchev–Trinajstić information content (AvgIpc) is 2.95. The third kappa shape index (κ3) is 2.60. The highest BCUT2D eigenvalue weighted by molar-refractivity contribution is 5.76. The molecule has 0 radical (unpaired) electrons. The zero-order valence-electron chi connectivity index (χ0n) is 11.9. The lowest BCUT2D eigenvalue weighted by molar-refractivity contribution is 0.509. The van der Waals surface area contributed by atoms with Gasteiger partial charge in [-0.3, -0.25) is 0 Å². The first kappa shape index (κ1) is 13.9. The van der Waals surface area contributed by atoms with Gasteiger partial charge in [-0.15, -0.1) is 0 Å². The summed E-state index contributed by atoms with van der Waals surface area (Å²) in [6.07, 6.45) is 4.41. The molecule has 1 aliphatic carbocycles. The van der Waals surface area contributed by atoms with Gasteiger partial charge in [0.2, 0.25) is 0 Å². The fourth-order valence-electron chi connectivity index (χ4n) is 3.06. The Kier molecular flexibility index (Phi) is 3.57. The van der Waals surface area contributed by atoms with Crippen LogP contribution >= 0.6 is 0 Å².